The lowest BCUT2D eigenvalue weighted by atomic mass is 10.1. The number of amides is 1. The minimum absolute atomic E-state index is 0.0123. The molecule has 1 fully saturated rings. The van der Waals surface area contributed by atoms with Crippen molar-refractivity contribution in [1.29, 1.82) is 0 Å². The molecule has 130 valence electrons. The molecule has 1 unspecified atom stereocenters. The van der Waals surface area contributed by atoms with E-state index < -0.39 is 0 Å². The van der Waals surface area contributed by atoms with Crippen molar-refractivity contribution in [2.45, 2.75) is 12.5 Å². The van der Waals surface area contributed by atoms with Crippen LogP contribution in [0.25, 0.3) is 0 Å². The molecular weight excluding hydrogens is 318 g/mol. The van der Waals surface area contributed by atoms with Crippen LogP contribution in [0.2, 0.25) is 0 Å². The molecule has 0 N–H and O–H groups in total. The number of nitrogens with zero attached hydrogens (tertiary/aromatic N) is 1. The minimum Gasteiger partial charge on any atom is -0.486 e. The highest BCUT2D eigenvalue weighted by atomic mass is 16.6. The van der Waals surface area contributed by atoms with Crippen molar-refractivity contribution in [2.24, 2.45) is 0 Å². The van der Waals surface area contributed by atoms with Crippen molar-refractivity contribution in [1.82, 2.24) is 4.90 Å². The normalized spacial score (nSPS) is 19.5. The van der Waals surface area contributed by atoms with Gasteiger partial charge >= 0.3 is 0 Å². The van der Waals surface area contributed by atoms with E-state index in [4.69, 9.17) is 14.2 Å². The molecule has 4 rings (SSSR count). The first-order valence-electron chi connectivity index (χ1n) is 8.64. The van der Waals surface area contributed by atoms with E-state index in [0.29, 0.717) is 50.0 Å². The lowest BCUT2D eigenvalue weighted by Crippen LogP contribution is -2.46. The van der Waals surface area contributed by atoms with Gasteiger partial charge in [-0.1, -0.05) is 30.3 Å². The molecule has 2 aliphatic heterocycles. The number of hydrogen-bond donors (Lipinski definition) is 0. The summed E-state index contributed by atoms with van der Waals surface area (Å²) in [6, 6.07) is 15.6. The zero-order chi connectivity index (χ0) is 17.1. The third-order valence-electron chi connectivity index (χ3n) is 4.52. The number of rotatable bonds is 3. The first-order valence-corrected chi connectivity index (χ1v) is 8.64. The van der Waals surface area contributed by atoms with E-state index in [0.717, 1.165) is 6.42 Å². The van der Waals surface area contributed by atoms with Gasteiger partial charge in [0.15, 0.2) is 11.5 Å². The summed E-state index contributed by atoms with van der Waals surface area (Å²) >= 11 is 0. The van der Waals surface area contributed by atoms with Gasteiger partial charge in [-0.3, -0.25) is 4.79 Å². The van der Waals surface area contributed by atoms with E-state index in [1.54, 1.807) is 12.1 Å². The number of hydrogen-bond acceptors (Lipinski definition) is 4. The molecule has 25 heavy (non-hydrogen) atoms. The van der Waals surface area contributed by atoms with E-state index in [2.05, 4.69) is 12.1 Å². The quantitative estimate of drug-likeness (QED) is 0.862. The Labute approximate surface area is 147 Å². The minimum atomic E-state index is 0.0123. The molecule has 2 heterocycles. The second-order valence-electron chi connectivity index (χ2n) is 6.29. The van der Waals surface area contributed by atoms with Crippen LogP contribution in [0.5, 0.6) is 11.5 Å². The lowest BCUT2D eigenvalue weighted by Gasteiger charge is -2.33. The third-order valence-corrected chi connectivity index (χ3v) is 4.52. The summed E-state index contributed by atoms with van der Waals surface area (Å²) in [5, 5.41) is 0. The molecule has 0 radical (unpaired) electrons. The van der Waals surface area contributed by atoms with Crippen LogP contribution in [0.3, 0.4) is 0 Å². The average molecular weight is 339 g/mol. The van der Waals surface area contributed by atoms with E-state index in [1.807, 2.05) is 29.2 Å². The van der Waals surface area contributed by atoms with E-state index in [9.17, 15) is 4.79 Å². The Morgan fingerprint density at radius 3 is 2.64 bits per heavy atom. The molecule has 0 saturated carbocycles. The molecule has 0 bridgehead atoms. The molecule has 1 atom stereocenters. The van der Waals surface area contributed by atoms with E-state index in [1.165, 1.54) is 5.56 Å². The van der Waals surface area contributed by atoms with Gasteiger partial charge in [0.1, 0.15) is 13.2 Å². The molecule has 0 aliphatic carbocycles. The Bertz CT molecular complexity index is 747. The summed E-state index contributed by atoms with van der Waals surface area (Å²) in [6.07, 6.45) is 0.837. The van der Waals surface area contributed by atoms with Crippen LogP contribution in [0.15, 0.2) is 48.5 Å². The zero-order valence-corrected chi connectivity index (χ0v) is 14.0. The third kappa shape index (κ3) is 3.61. The highest BCUT2D eigenvalue weighted by molar-refractivity contribution is 5.95. The molecule has 2 aromatic rings. The number of carbonyl (C=O) groups is 1. The van der Waals surface area contributed by atoms with Gasteiger partial charge in [-0.25, -0.2) is 0 Å². The summed E-state index contributed by atoms with van der Waals surface area (Å²) in [7, 11) is 0. The molecular formula is C20H21NO4. The fraction of sp³-hybridized carbons (Fsp3) is 0.350. The number of benzene rings is 2. The monoisotopic (exact) mass is 339 g/mol. The predicted molar refractivity (Wildman–Crippen MR) is 93.2 cm³/mol. The van der Waals surface area contributed by atoms with Gasteiger partial charge in [0, 0.05) is 25.1 Å². The highest BCUT2D eigenvalue weighted by Crippen LogP contribution is 2.31. The predicted octanol–water partition coefficient (Wildman–Crippen LogP) is 2.54. The van der Waals surface area contributed by atoms with Gasteiger partial charge in [-0.05, 0) is 23.8 Å². The van der Waals surface area contributed by atoms with E-state index >= 15 is 0 Å². The van der Waals surface area contributed by atoms with Crippen molar-refractivity contribution in [3.8, 4) is 11.5 Å². The molecule has 0 spiro atoms. The van der Waals surface area contributed by atoms with Crippen LogP contribution >= 0.6 is 0 Å². The summed E-state index contributed by atoms with van der Waals surface area (Å²) in [5.74, 6) is 1.36. The van der Waals surface area contributed by atoms with Crippen molar-refractivity contribution in [3.63, 3.8) is 0 Å². The van der Waals surface area contributed by atoms with Crippen LogP contribution in [0.1, 0.15) is 15.9 Å². The molecule has 0 aromatic heterocycles. The van der Waals surface area contributed by atoms with Gasteiger partial charge in [0.25, 0.3) is 5.91 Å². The van der Waals surface area contributed by atoms with Crippen LogP contribution in [-0.2, 0) is 11.2 Å². The van der Waals surface area contributed by atoms with Crippen LogP contribution in [0, 0.1) is 0 Å². The molecule has 5 heteroatoms. The average Bonchev–Trinajstić information content (AvgIpc) is 2.68. The Kier molecular flexibility index (Phi) is 4.57. The summed E-state index contributed by atoms with van der Waals surface area (Å²) in [4.78, 5) is 14.7. The van der Waals surface area contributed by atoms with Gasteiger partial charge < -0.3 is 19.1 Å². The van der Waals surface area contributed by atoms with Gasteiger partial charge in [-0.2, -0.15) is 0 Å². The molecule has 5 nitrogen and oxygen atoms in total. The number of morpholine rings is 1. The van der Waals surface area contributed by atoms with Crippen molar-refractivity contribution < 1.29 is 19.0 Å². The van der Waals surface area contributed by atoms with E-state index in [-0.39, 0.29) is 12.0 Å². The molecule has 1 saturated heterocycles. The zero-order valence-electron chi connectivity index (χ0n) is 14.0. The van der Waals surface area contributed by atoms with Crippen molar-refractivity contribution in [3.05, 3.63) is 59.7 Å². The first-order chi connectivity index (χ1) is 12.3. The topological polar surface area (TPSA) is 48.0 Å². The number of ether oxygens (including phenoxy) is 3. The van der Waals surface area contributed by atoms with Gasteiger partial charge in [0.05, 0.1) is 12.7 Å². The molecule has 1 amide bonds. The van der Waals surface area contributed by atoms with Crippen LogP contribution < -0.4 is 9.47 Å². The maximum Gasteiger partial charge on any atom is 0.254 e. The number of fused-ring (bicyclic) bond motifs is 1. The van der Waals surface area contributed by atoms with Crippen LogP contribution in [-0.4, -0.2) is 49.8 Å². The fourth-order valence-electron chi connectivity index (χ4n) is 3.26. The van der Waals surface area contributed by atoms with Crippen molar-refractivity contribution in [2.75, 3.05) is 32.9 Å². The standard InChI is InChI=1S/C20H21NO4/c22-20(16-6-7-18-19(13-16)25-11-10-24-18)21-8-9-23-17(14-21)12-15-4-2-1-3-5-15/h1-7,13,17H,8-12,14H2. The summed E-state index contributed by atoms with van der Waals surface area (Å²) in [6.45, 7) is 2.83. The first kappa shape index (κ1) is 16.0. The second kappa shape index (κ2) is 7.15. The molecule has 2 aliphatic rings. The smallest absolute Gasteiger partial charge is 0.254 e. The Balaban J connectivity index is 1.44. The Morgan fingerprint density at radius 1 is 1.00 bits per heavy atom. The summed E-state index contributed by atoms with van der Waals surface area (Å²) in [5.41, 5.74) is 1.85. The Morgan fingerprint density at radius 2 is 1.80 bits per heavy atom. The maximum absolute atomic E-state index is 12.9. The maximum atomic E-state index is 12.9. The summed E-state index contributed by atoms with van der Waals surface area (Å²) < 4.78 is 16.9. The van der Waals surface area contributed by atoms with Gasteiger partial charge in [0.2, 0.25) is 0 Å². The Hall–Kier alpha value is -2.53. The number of carbonyl (C=O) groups excluding carboxylic acids is 1. The SMILES string of the molecule is O=C(c1ccc2c(c1)OCCO2)N1CCOC(Cc2ccccc2)C1. The highest BCUT2D eigenvalue weighted by Gasteiger charge is 2.26. The fourth-order valence-corrected chi connectivity index (χ4v) is 3.26. The van der Waals surface area contributed by atoms with Crippen LogP contribution in [0.4, 0.5) is 0 Å². The molecule has 2 aromatic carbocycles. The van der Waals surface area contributed by atoms with Gasteiger partial charge in [-0.15, -0.1) is 0 Å². The largest absolute Gasteiger partial charge is 0.486 e. The lowest BCUT2D eigenvalue weighted by molar-refractivity contribution is -0.0208. The van der Waals surface area contributed by atoms with Crippen molar-refractivity contribution >= 4 is 5.91 Å². The second-order valence-corrected chi connectivity index (χ2v) is 6.29.